The number of carbonyl (C=O) groups excluding carboxylic acids is 1. The van der Waals surface area contributed by atoms with Crippen molar-refractivity contribution in [2.24, 2.45) is 17.8 Å². The Morgan fingerprint density at radius 3 is 2.66 bits per heavy atom. The van der Waals surface area contributed by atoms with Crippen LogP contribution < -0.4 is 14.8 Å². The molecule has 4 rings (SSSR count). The quantitative estimate of drug-likeness (QED) is 0.709. The number of fused-ring (bicyclic) bond motifs is 2. The number of para-hydroxylation sites is 2. The normalized spacial score (nSPS) is 23.0. The molecule has 0 heterocycles. The van der Waals surface area contributed by atoms with Gasteiger partial charge in [-0.15, -0.1) is 0 Å². The second-order valence-electron chi connectivity index (χ2n) is 8.02. The molecule has 0 aliphatic heterocycles. The summed E-state index contributed by atoms with van der Waals surface area (Å²) in [6, 6.07) is 13.1. The molecule has 29 heavy (non-hydrogen) atoms. The van der Waals surface area contributed by atoms with E-state index in [9.17, 15) is 13.2 Å². The number of hydrogen-bond acceptors (Lipinski definition) is 4. The van der Waals surface area contributed by atoms with Crippen molar-refractivity contribution in [3.63, 3.8) is 0 Å². The maximum atomic E-state index is 12.8. The van der Waals surface area contributed by atoms with Gasteiger partial charge in [-0.25, -0.2) is 8.42 Å². The van der Waals surface area contributed by atoms with Gasteiger partial charge in [-0.3, -0.25) is 9.52 Å². The van der Waals surface area contributed by atoms with Crippen LogP contribution in [-0.4, -0.2) is 21.4 Å². The number of anilines is 2. The molecule has 2 aliphatic carbocycles. The Labute approximate surface area is 171 Å². The van der Waals surface area contributed by atoms with Crippen LogP contribution in [0.25, 0.3) is 0 Å². The molecule has 7 heteroatoms. The second-order valence-corrected chi connectivity index (χ2v) is 9.70. The van der Waals surface area contributed by atoms with Crippen molar-refractivity contribution in [1.82, 2.24) is 0 Å². The zero-order chi connectivity index (χ0) is 20.4. The highest BCUT2D eigenvalue weighted by Gasteiger charge is 2.40. The van der Waals surface area contributed by atoms with Crippen LogP contribution in [0.5, 0.6) is 5.75 Å². The van der Waals surface area contributed by atoms with Gasteiger partial charge in [-0.2, -0.15) is 0 Å². The Kier molecular flexibility index (Phi) is 5.50. The molecule has 0 aromatic heterocycles. The van der Waals surface area contributed by atoms with E-state index in [1.165, 1.54) is 38.5 Å². The number of carbonyl (C=O) groups is 1. The molecule has 0 spiro atoms. The van der Waals surface area contributed by atoms with Gasteiger partial charge in [-0.05, 0) is 67.3 Å². The lowest BCUT2D eigenvalue weighted by Gasteiger charge is -2.21. The second kappa shape index (κ2) is 8.06. The molecule has 3 atom stereocenters. The van der Waals surface area contributed by atoms with Crippen molar-refractivity contribution in [3.05, 3.63) is 48.5 Å². The smallest absolute Gasteiger partial charge is 0.262 e. The first-order chi connectivity index (χ1) is 13.9. The summed E-state index contributed by atoms with van der Waals surface area (Å²) in [5, 5.41) is 2.87. The summed E-state index contributed by atoms with van der Waals surface area (Å²) >= 11 is 0. The fraction of sp³-hybridized carbons (Fsp3) is 0.409. The maximum absolute atomic E-state index is 12.8. The summed E-state index contributed by atoms with van der Waals surface area (Å²) in [6.07, 6.45) is 5.47. The van der Waals surface area contributed by atoms with Gasteiger partial charge in [0.05, 0.1) is 17.7 Å². The van der Waals surface area contributed by atoms with E-state index in [-0.39, 0.29) is 10.8 Å². The third kappa shape index (κ3) is 4.40. The Hall–Kier alpha value is -2.54. The van der Waals surface area contributed by atoms with Crippen LogP contribution in [0.2, 0.25) is 0 Å². The summed E-state index contributed by atoms with van der Waals surface area (Å²) in [6.45, 7) is 0. The number of methoxy groups -OCH3 is 1. The van der Waals surface area contributed by atoms with E-state index in [0.29, 0.717) is 35.4 Å². The molecule has 0 saturated heterocycles. The minimum atomic E-state index is -3.81. The highest BCUT2D eigenvalue weighted by atomic mass is 32.2. The van der Waals surface area contributed by atoms with Gasteiger partial charge in [-0.1, -0.05) is 24.6 Å². The van der Waals surface area contributed by atoms with Crippen molar-refractivity contribution in [2.45, 2.75) is 37.0 Å². The summed E-state index contributed by atoms with van der Waals surface area (Å²) in [7, 11) is -2.33. The third-order valence-corrected chi connectivity index (χ3v) is 7.47. The van der Waals surface area contributed by atoms with E-state index >= 15 is 0 Å². The lowest BCUT2D eigenvalue weighted by atomic mass is 9.86. The molecule has 2 fully saturated rings. The van der Waals surface area contributed by atoms with Gasteiger partial charge in [0.15, 0.2) is 0 Å². The van der Waals surface area contributed by atoms with Crippen molar-refractivity contribution >= 4 is 27.3 Å². The number of benzene rings is 2. The topological polar surface area (TPSA) is 84.5 Å². The number of ether oxygens (including phenoxy) is 1. The fourth-order valence-corrected chi connectivity index (χ4v) is 5.87. The molecule has 3 unspecified atom stereocenters. The fourth-order valence-electron chi connectivity index (χ4n) is 4.75. The zero-order valence-electron chi connectivity index (χ0n) is 16.4. The van der Waals surface area contributed by atoms with Crippen LogP contribution in [-0.2, 0) is 14.8 Å². The highest BCUT2D eigenvalue weighted by molar-refractivity contribution is 7.92. The van der Waals surface area contributed by atoms with Gasteiger partial charge in [0.2, 0.25) is 5.91 Å². The molecule has 6 nitrogen and oxygen atoms in total. The molecule has 2 bridgehead atoms. The van der Waals surface area contributed by atoms with Crippen molar-refractivity contribution in [2.75, 3.05) is 17.1 Å². The zero-order valence-corrected chi connectivity index (χ0v) is 17.2. The number of rotatable bonds is 7. The van der Waals surface area contributed by atoms with Crippen molar-refractivity contribution < 1.29 is 17.9 Å². The van der Waals surface area contributed by atoms with E-state index in [4.69, 9.17) is 4.74 Å². The number of sulfonamides is 1. The first-order valence-electron chi connectivity index (χ1n) is 10.0. The molecular weight excluding hydrogens is 388 g/mol. The van der Waals surface area contributed by atoms with Crippen LogP contribution in [0.15, 0.2) is 53.4 Å². The molecule has 2 aromatic rings. The standard InChI is InChI=1S/C22H26N2O4S/c1-28-21-8-3-2-7-20(21)24-29(26,27)19-6-4-5-18(14-19)23-22(25)13-17-12-15-9-10-16(17)11-15/h2-8,14-17,24H,9-13H2,1H3,(H,23,25). The molecule has 2 aliphatic rings. The maximum Gasteiger partial charge on any atom is 0.262 e. The van der Waals surface area contributed by atoms with Gasteiger partial charge in [0, 0.05) is 12.1 Å². The average Bonchev–Trinajstić information content (AvgIpc) is 3.31. The van der Waals surface area contributed by atoms with Gasteiger partial charge >= 0.3 is 0 Å². The molecule has 2 aromatic carbocycles. The van der Waals surface area contributed by atoms with Crippen LogP contribution in [0.3, 0.4) is 0 Å². The lowest BCUT2D eigenvalue weighted by molar-refractivity contribution is -0.117. The Bertz CT molecular complexity index is 1010. The highest BCUT2D eigenvalue weighted by Crippen LogP contribution is 2.49. The summed E-state index contributed by atoms with van der Waals surface area (Å²) in [4.78, 5) is 12.6. The van der Waals surface area contributed by atoms with E-state index in [1.807, 2.05) is 0 Å². The van der Waals surface area contributed by atoms with E-state index in [0.717, 1.165) is 12.3 Å². The molecule has 1 amide bonds. The van der Waals surface area contributed by atoms with E-state index in [1.54, 1.807) is 36.4 Å². The first kappa shape index (κ1) is 19.8. The molecular formula is C22H26N2O4S. The SMILES string of the molecule is COc1ccccc1NS(=O)(=O)c1cccc(NC(=O)CC2CC3CCC2C3)c1. The van der Waals surface area contributed by atoms with Gasteiger partial charge in [0.1, 0.15) is 5.75 Å². The largest absolute Gasteiger partial charge is 0.495 e. The Balaban J connectivity index is 1.44. The average molecular weight is 415 g/mol. The van der Waals surface area contributed by atoms with Crippen LogP contribution in [0.4, 0.5) is 11.4 Å². The summed E-state index contributed by atoms with van der Waals surface area (Å²) in [5.41, 5.74) is 0.849. The number of hydrogen-bond donors (Lipinski definition) is 2. The van der Waals surface area contributed by atoms with Gasteiger partial charge < -0.3 is 10.1 Å². The van der Waals surface area contributed by atoms with Crippen molar-refractivity contribution in [1.29, 1.82) is 0 Å². The van der Waals surface area contributed by atoms with E-state index in [2.05, 4.69) is 10.0 Å². The molecule has 154 valence electrons. The third-order valence-electron chi connectivity index (χ3n) is 6.11. The van der Waals surface area contributed by atoms with Crippen LogP contribution >= 0.6 is 0 Å². The minimum Gasteiger partial charge on any atom is -0.495 e. The molecule has 2 N–H and O–H groups in total. The molecule has 2 saturated carbocycles. The summed E-state index contributed by atoms with van der Waals surface area (Å²) < 4.78 is 33.3. The summed E-state index contributed by atoms with van der Waals surface area (Å²) in [5.74, 6) is 2.34. The van der Waals surface area contributed by atoms with Crippen molar-refractivity contribution in [3.8, 4) is 5.75 Å². The Morgan fingerprint density at radius 1 is 1.10 bits per heavy atom. The van der Waals surface area contributed by atoms with Crippen LogP contribution in [0, 0.1) is 17.8 Å². The van der Waals surface area contributed by atoms with E-state index < -0.39 is 10.0 Å². The monoisotopic (exact) mass is 414 g/mol. The van der Waals surface area contributed by atoms with Gasteiger partial charge in [0.25, 0.3) is 10.0 Å². The number of nitrogens with one attached hydrogen (secondary N) is 2. The number of amides is 1. The Morgan fingerprint density at radius 2 is 1.93 bits per heavy atom. The first-order valence-corrected chi connectivity index (χ1v) is 11.5. The minimum absolute atomic E-state index is 0.0465. The predicted molar refractivity (Wildman–Crippen MR) is 112 cm³/mol. The predicted octanol–water partition coefficient (Wildman–Crippen LogP) is 4.26. The van der Waals surface area contributed by atoms with Crippen LogP contribution in [0.1, 0.15) is 32.1 Å². The lowest BCUT2D eigenvalue weighted by Crippen LogP contribution is -2.20. The molecule has 0 radical (unpaired) electrons.